The lowest BCUT2D eigenvalue weighted by atomic mass is 10.1. The molecule has 7 heteroatoms. The summed E-state index contributed by atoms with van der Waals surface area (Å²) in [6.45, 7) is 3.92. The maximum absolute atomic E-state index is 13.4. The average molecular weight is 440 g/mol. The van der Waals surface area contributed by atoms with Crippen LogP contribution in [0.25, 0.3) is 11.3 Å². The second kappa shape index (κ2) is 10.3. The van der Waals surface area contributed by atoms with Gasteiger partial charge in [0.1, 0.15) is 17.3 Å². The second-order valence-electron chi connectivity index (χ2n) is 8.15. The molecule has 2 aromatic carbocycles. The zero-order valence-corrected chi connectivity index (χ0v) is 18.6. The van der Waals surface area contributed by atoms with Gasteiger partial charge < -0.3 is 14.6 Å². The van der Waals surface area contributed by atoms with E-state index in [1.807, 2.05) is 44.3 Å². The third-order valence-electron chi connectivity index (χ3n) is 5.55. The number of nitrogens with zero attached hydrogens (tertiary/aromatic N) is 3. The van der Waals surface area contributed by atoms with Crippen molar-refractivity contribution in [1.82, 2.24) is 14.7 Å². The Morgan fingerprint density at radius 2 is 1.88 bits per heavy atom. The predicted octanol–water partition coefficient (Wildman–Crippen LogP) is 4.38. The van der Waals surface area contributed by atoms with Crippen molar-refractivity contribution in [2.75, 3.05) is 19.8 Å². The highest BCUT2D eigenvalue weighted by Crippen LogP contribution is 2.37. The maximum Gasteiger partial charge on any atom is 0.222 e. The van der Waals surface area contributed by atoms with E-state index >= 15 is 0 Å². The fourth-order valence-corrected chi connectivity index (χ4v) is 3.83. The zero-order chi connectivity index (χ0) is 22.5. The quantitative estimate of drug-likeness (QED) is 0.481. The van der Waals surface area contributed by atoms with E-state index in [9.17, 15) is 9.50 Å². The summed E-state index contributed by atoms with van der Waals surface area (Å²) in [7, 11) is 1.85. The summed E-state index contributed by atoms with van der Waals surface area (Å²) in [5.74, 6) is 0.848. The standard InChI is InChI=1S/C25H30FN3O3/c1-3-31-17-21(30)15-29(20-11-12-20)16-23-24(18-7-5-4-6-8-18)27-28(2)25(23)32-22-13-9-19(26)10-14-22/h4-10,13-14,20-21,30H,3,11-12,15-17H2,1-2H3/t21-/m1/s1. The van der Waals surface area contributed by atoms with Gasteiger partial charge >= 0.3 is 0 Å². The molecule has 0 bridgehead atoms. The van der Waals surface area contributed by atoms with Gasteiger partial charge in [0.05, 0.1) is 18.3 Å². The zero-order valence-electron chi connectivity index (χ0n) is 18.6. The molecule has 3 aromatic rings. The van der Waals surface area contributed by atoms with Gasteiger partial charge in [0.2, 0.25) is 5.88 Å². The summed E-state index contributed by atoms with van der Waals surface area (Å²) in [5, 5.41) is 15.2. The molecule has 1 atom stereocenters. The van der Waals surface area contributed by atoms with Crippen LogP contribution in [0.2, 0.25) is 0 Å². The van der Waals surface area contributed by atoms with Gasteiger partial charge in [-0.1, -0.05) is 30.3 Å². The lowest BCUT2D eigenvalue weighted by molar-refractivity contribution is 0.0178. The molecule has 1 saturated carbocycles. The second-order valence-corrected chi connectivity index (χ2v) is 8.15. The summed E-state index contributed by atoms with van der Waals surface area (Å²) in [4.78, 5) is 2.28. The Morgan fingerprint density at radius 1 is 1.16 bits per heavy atom. The number of ether oxygens (including phenoxy) is 2. The Bertz CT molecular complexity index is 1000. The molecule has 1 heterocycles. The average Bonchev–Trinajstić information content (AvgIpc) is 3.60. The molecule has 4 rings (SSSR count). The Labute approximate surface area is 188 Å². The van der Waals surface area contributed by atoms with Crippen LogP contribution in [-0.2, 0) is 18.3 Å². The lowest BCUT2D eigenvalue weighted by Crippen LogP contribution is -2.36. The van der Waals surface area contributed by atoms with Crippen molar-refractivity contribution in [3.63, 3.8) is 0 Å². The van der Waals surface area contributed by atoms with Gasteiger partial charge in [0.25, 0.3) is 0 Å². The molecule has 6 nitrogen and oxygen atoms in total. The summed E-state index contributed by atoms with van der Waals surface area (Å²) in [5.41, 5.74) is 2.78. The van der Waals surface area contributed by atoms with Gasteiger partial charge in [-0.15, -0.1) is 0 Å². The first-order valence-electron chi connectivity index (χ1n) is 11.1. The first kappa shape index (κ1) is 22.5. The number of aliphatic hydroxyl groups is 1. The fourth-order valence-electron chi connectivity index (χ4n) is 3.83. The number of aromatic nitrogens is 2. The molecule has 1 N–H and O–H groups in total. The van der Waals surface area contributed by atoms with E-state index in [1.54, 1.807) is 16.8 Å². The number of aliphatic hydroxyl groups excluding tert-OH is 1. The van der Waals surface area contributed by atoms with E-state index in [2.05, 4.69) is 4.90 Å². The van der Waals surface area contributed by atoms with Crippen LogP contribution in [0.3, 0.4) is 0 Å². The minimum Gasteiger partial charge on any atom is -0.439 e. The summed E-state index contributed by atoms with van der Waals surface area (Å²) in [6, 6.07) is 16.4. The Kier molecular flexibility index (Phi) is 7.19. The topological polar surface area (TPSA) is 59.8 Å². The largest absolute Gasteiger partial charge is 0.439 e. The number of benzene rings is 2. The molecular weight excluding hydrogens is 409 g/mol. The van der Waals surface area contributed by atoms with Crippen LogP contribution in [0, 0.1) is 5.82 Å². The first-order valence-corrected chi connectivity index (χ1v) is 11.1. The van der Waals surface area contributed by atoms with E-state index in [-0.39, 0.29) is 5.82 Å². The lowest BCUT2D eigenvalue weighted by Gasteiger charge is -2.25. The van der Waals surface area contributed by atoms with Gasteiger partial charge in [-0.2, -0.15) is 5.10 Å². The molecular formula is C25H30FN3O3. The molecule has 0 saturated heterocycles. The third kappa shape index (κ3) is 5.54. The highest BCUT2D eigenvalue weighted by molar-refractivity contribution is 5.65. The molecule has 1 aromatic heterocycles. The van der Waals surface area contributed by atoms with Crippen LogP contribution in [-0.4, -0.2) is 51.7 Å². The molecule has 32 heavy (non-hydrogen) atoms. The van der Waals surface area contributed by atoms with E-state index in [4.69, 9.17) is 14.6 Å². The number of aryl methyl sites for hydroxylation is 1. The van der Waals surface area contributed by atoms with Crippen molar-refractivity contribution >= 4 is 0 Å². The summed E-state index contributed by atoms with van der Waals surface area (Å²) < 4.78 is 26.7. The summed E-state index contributed by atoms with van der Waals surface area (Å²) >= 11 is 0. The van der Waals surface area contributed by atoms with Gasteiger partial charge in [0.15, 0.2) is 0 Å². The van der Waals surface area contributed by atoms with Gasteiger partial charge in [0, 0.05) is 38.3 Å². The molecule has 0 amide bonds. The molecule has 1 aliphatic rings. The van der Waals surface area contributed by atoms with E-state index in [0.717, 1.165) is 29.7 Å². The van der Waals surface area contributed by atoms with Crippen LogP contribution in [0.5, 0.6) is 11.6 Å². The van der Waals surface area contributed by atoms with Crippen molar-refractivity contribution < 1.29 is 19.0 Å². The smallest absolute Gasteiger partial charge is 0.222 e. The van der Waals surface area contributed by atoms with Gasteiger partial charge in [-0.25, -0.2) is 9.07 Å². The van der Waals surface area contributed by atoms with E-state index in [1.165, 1.54) is 12.1 Å². The minimum atomic E-state index is -0.561. The highest BCUT2D eigenvalue weighted by Gasteiger charge is 2.33. The molecule has 170 valence electrons. The maximum atomic E-state index is 13.4. The van der Waals surface area contributed by atoms with Crippen LogP contribution in [0.4, 0.5) is 4.39 Å². The Morgan fingerprint density at radius 3 is 2.53 bits per heavy atom. The van der Waals surface area contributed by atoms with Gasteiger partial charge in [-0.05, 0) is 44.0 Å². The molecule has 1 aliphatic carbocycles. The minimum absolute atomic E-state index is 0.309. The number of rotatable bonds is 11. The molecule has 1 fully saturated rings. The van der Waals surface area contributed by atoms with Crippen molar-refractivity contribution in [1.29, 1.82) is 0 Å². The third-order valence-corrected chi connectivity index (χ3v) is 5.55. The van der Waals surface area contributed by atoms with Crippen molar-refractivity contribution in [2.45, 2.75) is 38.5 Å². The number of hydrogen-bond acceptors (Lipinski definition) is 5. The predicted molar refractivity (Wildman–Crippen MR) is 121 cm³/mol. The van der Waals surface area contributed by atoms with Crippen molar-refractivity contribution in [3.05, 3.63) is 66.0 Å². The van der Waals surface area contributed by atoms with Crippen molar-refractivity contribution in [3.8, 4) is 22.9 Å². The highest BCUT2D eigenvalue weighted by atomic mass is 19.1. The van der Waals surface area contributed by atoms with E-state index < -0.39 is 6.10 Å². The first-order chi connectivity index (χ1) is 15.5. The SMILES string of the molecule is CCOC[C@H](O)CN(Cc1c(-c2ccccc2)nn(C)c1Oc1ccc(F)cc1)C1CC1. The number of halogens is 1. The molecule has 0 unspecified atom stereocenters. The molecule has 0 radical (unpaired) electrons. The van der Waals surface area contributed by atoms with Gasteiger partial charge in [-0.3, -0.25) is 4.90 Å². The Balaban J connectivity index is 1.66. The normalized spacial score (nSPS) is 14.7. The van der Waals surface area contributed by atoms with Crippen LogP contribution in [0.1, 0.15) is 25.3 Å². The monoisotopic (exact) mass is 439 g/mol. The Hall–Kier alpha value is -2.74. The molecule has 0 spiro atoms. The van der Waals surface area contributed by atoms with Crippen LogP contribution < -0.4 is 4.74 Å². The molecule has 0 aliphatic heterocycles. The number of hydrogen-bond donors (Lipinski definition) is 1. The van der Waals surface area contributed by atoms with Crippen molar-refractivity contribution in [2.24, 2.45) is 7.05 Å². The summed E-state index contributed by atoms with van der Waals surface area (Å²) in [6.07, 6.45) is 1.65. The fraction of sp³-hybridized carbons (Fsp3) is 0.400. The van der Waals surface area contributed by atoms with Crippen LogP contribution >= 0.6 is 0 Å². The van der Waals surface area contributed by atoms with Crippen LogP contribution in [0.15, 0.2) is 54.6 Å². The van der Waals surface area contributed by atoms with E-state index in [0.29, 0.717) is 44.0 Å².